The van der Waals surface area contributed by atoms with Crippen molar-refractivity contribution in [3.8, 4) is 0 Å². The van der Waals surface area contributed by atoms with Crippen molar-refractivity contribution in [3.63, 3.8) is 0 Å². The van der Waals surface area contributed by atoms with Crippen LogP contribution in [-0.2, 0) is 32.7 Å². The topological polar surface area (TPSA) is 62.1 Å². The molecule has 0 atom stereocenters. The Labute approximate surface area is 173 Å². The van der Waals surface area contributed by atoms with Gasteiger partial charge in [-0.25, -0.2) is 0 Å². The second-order valence-corrected chi connectivity index (χ2v) is 8.60. The standard InChI is InChI=1S/C24H30N4O/c1-24(2,3)14-19-9-6-10-21(26-19)16-28(15-20-8-4-5-13-25-20)17-22-11-7-12-23(18-29)27-22/h4-13,29H,14-18H2,1-3H3. The van der Waals surface area contributed by atoms with Crippen LogP contribution in [0.25, 0.3) is 0 Å². The van der Waals surface area contributed by atoms with Crippen LogP contribution < -0.4 is 0 Å². The normalized spacial score (nSPS) is 11.8. The molecule has 0 aromatic carbocycles. The number of aromatic nitrogens is 3. The van der Waals surface area contributed by atoms with Crippen LogP contribution in [0.3, 0.4) is 0 Å². The van der Waals surface area contributed by atoms with Crippen LogP contribution >= 0.6 is 0 Å². The van der Waals surface area contributed by atoms with Crippen LogP contribution in [0, 0.1) is 5.41 Å². The third-order valence-corrected chi connectivity index (χ3v) is 4.49. The number of pyridine rings is 3. The Morgan fingerprint density at radius 1 is 0.724 bits per heavy atom. The molecule has 0 aliphatic carbocycles. The van der Waals surface area contributed by atoms with Crippen LogP contribution in [0.1, 0.15) is 49.2 Å². The van der Waals surface area contributed by atoms with E-state index in [2.05, 4.69) is 53.8 Å². The maximum atomic E-state index is 9.39. The van der Waals surface area contributed by atoms with Crippen molar-refractivity contribution >= 4 is 0 Å². The number of hydrogen-bond acceptors (Lipinski definition) is 5. The zero-order chi connectivity index (χ0) is 20.7. The van der Waals surface area contributed by atoms with Gasteiger partial charge in [-0.2, -0.15) is 0 Å². The molecule has 5 heteroatoms. The summed E-state index contributed by atoms with van der Waals surface area (Å²) in [7, 11) is 0. The molecule has 0 fully saturated rings. The van der Waals surface area contributed by atoms with Crippen LogP contribution in [0.2, 0.25) is 0 Å². The summed E-state index contributed by atoms with van der Waals surface area (Å²) in [4.78, 5) is 16.2. The van der Waals surface area contributed by atoms with Crippen molar-refractivity contribution in [2.75, 3.05) is 0 Å². The molecule has 3 aromatic rings. The lowest BCUT2D eigenvalue weighted by Gasteiger charge is -2.22. The van der Waals surface area contributed by atoms with E-state index in [1.54, 1.807) is 0 Å². The average molecular weight is 391 g/mol. The first-order chi connectivity index (χ1) is 13.9. The van der Waals surface area contributed by atoms with Gasteiger partial charge in [-0.05, 0) is 48.2 Å². The van der Waals surface area contributed by atoms with Gasteiger partial charge >= 0.3 is 0 Å². The number of aliphatic hydroxyl groups excluding tert-OH is 1. The Morgan fingerprint density at radius 2 is 1.28 bits per heavy atom. The molecule has 0 aliphatic heterocycles. The van der Waals surface area contributed by atoms with E-state index in [-0.39, 0.29) is 12.0 Å². The quantitative estimate of drug-likeness (QED) is 0.626. The molecule has 0 amide bonds. The second kappa shape index (κ2) is 9.72. The predicted molar refractivity (Wildman–Crippen MR) is 115 cm³/mol. The fourth-order valence-corrected chi connectivity index (χ4v) is 3.31. The number of rotatable bonds is 8. The van der Waals surface area contributed by atoms with Crippen LogP contribution in [0.15, 0.2) is 60.8 Å². The van der Waals surface area contributed by atoms with Gasteiger partial charge < -0.3 is 5.11 Å². The first-order valence-electron chi connectivity index (χ1n) is 10.0. The molecule has 0 aliphatic rings. The monoisotopic (exact) mass is 390 g/mol. The van der Waals surface area contributed by atoms with Gasteiger partial charge in [-0.1, -0.05) is 39.0 Å². The molecule has 29 heavy (non-hydrogen) atoms. The fourth-order valence-electron chi connectivity index (χ4n) is 3.31. The molecule has 3 aromatic heterocycles. The van der Waals surface area contributed by atoms with Gasteiger partial charge in [0.25, 0.3) is 0 Å². The molecule has 0 saturated heterocycles. The molecule has 0 saturated carbocycles. The van der Waals surface area contributed by atoms with Crippen LogP contribution in [0.4, 0.5) is 0 Å². The summed E-state index contributed by atoms with van der Waals surface area (Å²) < 4.78 is 0. The first-order valence-corrected chi connectivity index (χ1v) is 10.0. The van der Waals surface area contributed by atoms with E-state index in [1.165, 1.54) is 0 Å². The van der Waals surface area contributed by atoms with Gasteiger partial charge in [0.1, 0.15) is 0 Å². The summed E-state index contributed by atoms with van der Waals surface area (Å²) >= 11 is 0. The van der Waals surface area contributed by atoms with Crippen molar-refractivity contribution in [3.05, 3.63) is 89.3 Å². The number of aliphatic hydroxyl groups is 1. The van der Waals surface area contributed by atoms with Gasteiger partial charge in [0.2, 0.25) is 0 Å². The highest BCUT2D eigenvalue weighted by molar-refractivity contribution is 5.14. The summed E-state index contributed by atoms with van der Waals surface area (Å²) in [6.45, 7) is 8.72. The minimum Gasteiger partial charge on any atom is -0.390 e. The SMILES string of the molecule is CC(C)(C)Cc1cccc(CN(Cc2ccccn2)Cc2cccc(CO)n2)n1. The zero-order valence-electron chi connectivity index (χ0n) is 17.5. The van der Waals surface area contributed by atoms with E-state index in [9.17, 15) is 5.11 Å². The van der Waals surface area contributed by atoms with Crippen molar-refractivity contribution in [1.82, 2.24) is 19.9 Å². The smallest absolute Gasteiger partial charge is 0.0853 e. The summed E-state index contributed by atoms with van der Waals surface area (Å²) in [6.07, 6.45) is 2.77. The Morgan fingerprint density at radius 3 is 1.86 bits per heavy atom. The largest absolute Gasteiger partial charge is 0.390 e. The van der Waals surface area contributed by atoms with Crippen LogP contribution in [0.5, 0.6) is 0 Å². The maximum absolute atomic E-state index is 9.39. The molecule has 0 radical (unpaired) electrons. The number of nitrogens with zero attached hydrogens (tertiary/aromatic N) is 4. The molecule has 152 valence electrons. The van der Waals surface area contributed by atoms with E-state index in [0.29, 0.717) is 25.3 Å². The van der Waals surface area contributed by atoms with Crippen molar-refractivity contribution < 1.29 is 5.11 Å². The number of hydrogen-bond donors (Lipinski definition) is 1. The van der Waals surface area contributed by atoms with Gasteiger partial charge in [-0.15, -0.1) is 0 Å². The highest BCUT2D eigenvalue weighted by Crippen LogP contribution is 2.20. The summed E-state index contributed by atoms with van der Waals surface area (Å²) in [5.74, 6) is 0. The first kappa shape index (κ1) is 21.1. The molecule has 1 N–H and O–H groups in total. The second-order valence-electron chi connectivity index (χ2n) is 8.60. The minimum absolute atomic E-state index is 0.0511. The third kappa shape index (κ3) is 7.04. The van der Waals surface area contributed by atoms with Gasteiger partial charge in [0.15, 0.2) is 0 Å². The molecule has 3 heterocycles. The zero-order valence-corrected chi connectivity index (χ0v) is 17.5. The Hall–Kier alpha value is -2.63. The third-order valence-electron chi connectivity index (χ3n) is 4.49. The van der Waals surface area contributed by atoms with Gasteiger partial charge in [0, 0.05) is 31.5 Å². The van der Waals surface area contributed by atoms with Crippen molar-refractivity contribution in [2.24, 2.45) is 5.41 Å². The molecular formula is C24H30N4O. The molecule has 0 spiro atoms. The van der Waals surface area contributed by atoms with E-state index in [0.717, 1.165) is 29.2 Å². The molecule has 0 bridgehead atoms. The lowest BCUT2D eigenvalue weighted by atomic mass is 9.90. The fraction of sp³-hybridized carbons (Fsp3) is 0.375. The molecule has 0 unspecified atom stereocenters. The van der Waals surface area contributed by atoms with Gasteiger partial charge in [0.05, 0.1) is 29.4 Å². The summed E-state index contributed by atoms with van der Waals surface area (Å²) in [5, 5.41) is 9.39. The van der Waals surface area contributed by atoms with E-state index >= 15 is 0 Å². The van der Waals surface area contributed by atoms with Crippen molar-refractivity contribution in [2.45, 2.75) is 53.4 Å². The maximum Gasteiger partial charge on any atom is 0.0853 e. The predicted octanol–water partition coefficient (Wildman–Crippen LogP) is 4.15. The Kier molecular flexibility index (Phi) is 7.07. The average Bonchev–Trinajstić information content (AvgIpc) is 2.68. The lowest BCUT2D eigenvalue weighted by Crippen LogP contribution is -2.24. The minimum atomic E-state index is -0.0511. The molecular weight excluding hydrogens is 360 g/mol. The Balaban J connectivity index is 1.80. The lowest BCUT2D eigenvalue weighted by molar-refractivity contribution is 0.236. The van der Waals surface area contributed by atoms with Gasteiger partial charge in [-0.3, -0.25) is 19.9 Å². The summed E-state index contributed by atoms with van der Waals surface area (Å²) in [6, 6.07) is 18.0. The van der Waals surface area contributed by atoms with E-state index in [4.69, 9.17) is 4.98 Å². The highest BCUT2D eigenvalue weighted by atomic mass is 16.3. The highest BCUT2D eigenvalue weighted by Gasteiger charge is 2.14. The molecule has 5 nitrogen and oxygen atoms in total. The summed E-state index contributed by atoms with van der Waals surface area (Å²) in [5.41, 5.74) is 4.99. The molecule has 3 rings (SSSR count). The van der Waals surface area contributed by atoms with Crippen molar-refractivity contribution in [1.29, 1.82) is 0 Å². The van der Waals surface area contributed by atoms with E-state index < -0.39 is 0 Å². The van der Waals surface area contributed by atoms with Crippen LogP contribution in [-0.4, -0.2) is 25.0 Å². The Bertz CT molecular complexity index is 906. The van der Waals surface area contributed by atoms with E-state index in [1.807, 2.05) is 42.6 Å².